The van der Waals surface area contributed by atoms with Gasteiger partial charge in [0.05, 0.1) is 30.1 Å². The summed E-state index contributed by atoms with van der Waals surface area (Å²) in [7, 11) is 1.55. The van der Waals surface area contributed by atoms with E-state index in [9.17, 15) is 19.5 Å². The van der Waals surface area contributed by atoms with Crippen molar-refractivity contribution < 1.29 is 24.2 Å². The molecule has 0 aromatic carbocycles. The van der Waals surface area contributed by atoms with Gasteiger partial charge >= 0.3 is 0 Å². The molecule has 0 radical (unpaired) electrons. The van der Waals surface area contributed by atoms with Gasteiger partial charge in [0.2, 0.25) is 17.7 Å². The quantitative estimate of drug-likeness (QED) is 0.579. The van der Waals surface area contributed by atoms with Crippen LogP contribution in [0.3, 0.4) is 0 Å². The maximum atomic E-state index is 13.7. The van der Waals surface area contributed by atoms with Gasteiger partial charge in [-0.2, -0.15) is 0 Å². The van der Waals surface area contributed by atoms with Crippen molar-refractivity contribution in [3.63, 3.8) is 0 Å². The Balaban J connectivity index is 2.02. The highest BCUT2D eigenvalue weighted by Crippen LogP contribution is 2.63. The Bertz CT molecular complexity index is 776. The number of rotatable bonds is 6. The first kappa shape index (κ1) is 24.0. The summed E-state index contributed by atoms with van der Waals surface area (Å²) in [6, 6.07) is -1.45. The molecule has 3 aliphatic rings. The third kappa shape index (κ3) is 3.75. The number of amides is 3. The lowest BCUT2D eigenvalue weighted by molar-refractivity contribution is -0.149. The number of nitrogens with zero attached hydrogens (tertiary/aromatic N) is 1. The van der Waals surface area contributed by atoms with E-state index < -0.39 is 40.7 Å². The smallest absolute Gasteiger partial charge is 0.246 e. The number of hydrogen-bond acceptors (Lipinski definition) is 5. The minimum absolute atomic E-state index is 0.00126. The predicted octanol–water partition coefficient (Wildman–Crippen LogP) is 1.21. The van der Waals surface area contributed by atoms with Crippen LogP contribution in [0.4, 0.5) is 0 Å². The van der Waals surface area contributed by atoms with E-state index in [4.69, 9.17) is 4.74 Å². The van der Waals surface area contributed by atoms with E-state index in [-0.39, 0.29) is 29.7 Å². The molecule has 0 aliphatic carbocycles. The van der Waals surface area contributed by atoms with Crippen LogP contribution in [-0.4, -0.2) is 70.2 Å². The monoisotopic (exact) mass is 437 g/mol. The topological polar surface area (TPSA) is 108 Å². The van der Waals surface area contributed by atoms with Gasteiger partial charge in [0.1, 0.15) is 11.6 Å². The molecule has 0 aromatic rings. The van der Waals surface area contributed by atoms with Crippen LogP contribution in [0.15, 0.2) is 0 Å². The second-order valence-electron chi connectivity index (χ2n) is 11.7. The molecule has 3 fully saturated rings. The lowest BCUT2D eigenvalue weighted by Crippen LogP contribution is -2.61. The van der Waals surface area contributed by atoms with Crippen molar-refractivity contribution in [2.24, 2.45) is 17.3 Å². The maximum absolute atomic E-state index is 13.7. The van der Waals surface area contributed by atoms with Crippen molar-refractivity contribution in [2.45, 2.75) is 96.6 Å². The van der Waals surface area contributed by atoms with Crippen molar-refractivity contribution in [2.75, 3.05) is 13.7 Å². The van der Waals surface area contributed by atoms with Crippen molar-refractivity contribution in [3.8, 4) is 0 Å². The highest BCUT2D eigenvalue weighted by Gasteiger charge is 2.78. The Labute approximate surface area is 185 Å². The molecule has 6 atom stereocenters. The number of aliphatic hydroxyl groups excluding tert-OH is 1. The lowest BCUT2D eigenvalue weighted by Gasteiger charge is -2.39. The highest BCUT2D eigenvalue weighted by atomic mass is 16.5. The van der Waals surface area contributed by atoms with E-state index in [0.29, 0.717) is 12.8 Å². The standard InChI is InChI=1S/C23H39N3O5/c1-13(11-27)26-16(18(29)25-21(5,6)12-20(2,3)4)23-10-9-22(7,31-23)14(17(28)24-8)15(23)19(26)30/h13-16,27H,9-12H2,1-8H3,(H,24,28)(H,25,29)/t13-,14-,15+,16?,22+,23?/m1/s1. The molecule has 31 heavy (non-hydrogen) atoms. The van der Waals surface area contributed by atoms with Gasteiger partial charge in [0, 0.05) is 12.6 Å². The number of carbonyl (C=O) groups excluding carboxylic acids is 3. The third-order valence-electron chi connectivity index (χ3n) is 7.16. The zero-order valence-corrected chi connectivity index (χ0v) is 20.2. The van der Waals surface area contributed by atoms with E-state index in [1.807, 2.05) is 20.8 Å². The fraction of sp³-hybridized carbons (Fsp3) is 0.870. The van der Waals surface area contributed by atoms with E-state index >= 15 is 0 Å². The summed E-state index contributed by atoms with van der Waals surface area (Å²) in [5.41, 5.74) is -2.34. The van der Waals surface area contributed by atoms with Crippen LogP contribution in [0, 0.1) is 17.3 Å². The van der Waals surface area contributed by atoms with Gasteiger partial charge in [-0.1, -0.05) is 20.8 Å². The Morgan fingerprint density at radius 3 is 2.35 bits per heavy atom. The van der Waals surface area contributed by atoms with Crippen molar-refractivity contribution in [3.05, 3.63) is 0 Å². The maximum Gasteiger partial charge on any atom is 0.246 e. The number of aliphatic hydroxyl groups is 1. The summed E-state index contributed by atoms with van der Waals surface area (Å²) >= 11 is 0. The van der Waals surface area contributed by atoms with Crippen LogP contribution in [0.2, 0.25) is 0 Å². The molecular formula is C23H39N3O5. The van der Waals surface area contributed by atoms with Crippen molar-refractivity contribution >= 4 is 17.7 Å². The number of fused-ring (bicyclic) bond motifs is 1. The molecule has 2 unspecified atom stereocenters. The molecule has 3 aliphatic heterocycles. The summed E-state index contributed by atoms with van der Waals surface area (Å²) in [6.07, 6.45) is 1.88. The van der Waals surface area contributed by atoms with Crippen LogP contribution in [-0.2, 0) is 19.1 Å². The van der Waals surface area contributed by atoms with E-state index in [1.165, 1.54) is 4.90 Å². The average Bonchev–Trinajstić information content (AvgIpc) is 3.18. The number of likely N-dealkylation sites (tertiary alicyclic amines) is 1. The number of ether oxygens (including phenoxy) is 1. The van der Waals surface area contributed by atoms with Gasteiger partial charge in [-0.15, -0.1) is 0 Å². The molecule has 2 bridgehead atoms. The first-order chi connectivity index (χ1) is 14.1. The van der Waals surface area contributed by atoms with Crippen LogP contribution in [0.25, 0.3) is 0 Å². The molecule has 1 spiro atoms. The summed E-state index contributed by atoms with van der Waals surface area (Å²) < 4.78 is 6.49. The molecular weight excluding hydrogens is 398 g/mol. The Hall–Kier alpha value is -1.67. The third-order valence-corrected chi connectivity index (χ3v) is 7.16. The zero-order valence-electron chi connectivity index (χ0n) is 20.2. The molecule has 3 rings (SSSR count). The van der Waals surface area contributed by atoms with Crippen LogP contribution in [0.5, 0.6) is 0 Å². The SMILES string of the molecule is CNC(=O)[C@H]1[C@H]2C(=O)N([C@H](C)CO)C(C(=O)NC(C)(C)CC(C)(C)C)C23CC[C@]1(C)O3. The zero-order chi connectivity index (χ0) is 23.6. The van der Waals surface area contributed by atoms with Gasteiger partial charge in [0.25, 0.3) is 0 Å². The van der Waals surface area contributed by atoms with Crippen LogP contribution >= 0.6 is 0 Å². The van der Waals surface area contributed by atoms with Gasteiger partial charge in [-0.05, 0) is 52.4 Å². The minimum Gasteiger partial charge on any atom is -0.394 e. The molecule has 3 heterocycles. The summed E-state index contributed by atoms with van der Waals surface area (Å²) in [5.74, 6) is -2.21. The summed E-state index contributed by atoms with van der Waals surface area (Å²) in [4.78, 5) is 41.6. The Morgan fingerprint density at radius 1 is 1.23 bits per heavy atom. The van der Waals surface area contributed by atoms with Crippen LogP contribution in [0.1, 0.15) is 67.7 Å². The van der Waals surface area contributed by atoms with Crippen molar-refractivity contribution in [1.82, 2.24) is 15.5 Å². The van der Waals surface area contributed by atoms with E-state index in [2.05, 4.69) is 31.4 Å². The Morgan fingerprint density at radius 2 is 1.84 bits per heavy atom. The van der Waals surface area contributed by atoms with Gasteiger partial charge in [0.15, 0.2) is 0 Å². The largest absolute Gasteiger partial charge is 0.394 e. The molecule has 0 saturated carbocycles. The van der Waals surface area contributed by atoms with E-state index in [0.717, 1.165) is 6.42 Å². The predicted molar refractivity (Wildman–Crippen MR) is 116 cm³/mol. The summed E-state index contributed by atoms with van der Waals surface area (Å²) in [5, 5.41) is 15.7. The average molecular weight is 438 g/mol. The number of carbonyl (C=O) groups is 3. The lowest BCUT2D eigenvalue weighted by atomic mass is 9.66. The molecule has 3 N–H and O–H groups in total. The van der Waals surface area contributed by atoms with E-state index in [1.54, 1.807) is 14.0 Å². The fourth-order valence-electron chi connectivity index (χ4n) is 6.55. The Kier molecular flexibility index (Phi) is 5.76. The molecule has 3 saturated heterocycles. The summed E-state index contributed by atoms with van der Waals surface area (Å²) in [6.45, 7) is 13.6. The molecule has 0 aromatic heterocycles. The first-order valence-corrected chi connectivity index (χ1v) is 11.3. The first-order valence-electron chi connectivity index (χ1n) is 11.3. The number of nitrogens with one attached hydrogen (secondary N) is 2. The molecule has 8 heteroatoms. The highest BCUT2D eigenvalue weighted by molar-refractivity contribution is 5.99. The second kappa shape index (κ2) is 7.44. The molecule has 176 valence electrons. The normalized spacial score (nSPS) is 35.8. The number of hydrogen-bond donors (Lipinski definition) is 3. The van der Waals surface area contributed by atoms with Gasteiger partial charge < -0.3 is 25.4 Å². The molecule has 8 nitrogen and oxygen atoms in total. The molecule has 3 amide bonds. The van der Waals surface area contributed by atoms with Crippen molar-refractivity contribution in [1.29, 1.82) is 0 Å². The van der Waals surface area contributed by atoms with Gasteiger partial charge in [-0.25, -0.2) is 0 Å². The van der Waals surface area contributed by atoms with Crippen LogP contribution < -0.4 is 10.6 Å². The van der Waals surface area contributed by atoms with Gasteiger partial charge in [-0.3, -0.25) is 14.4 Å². The minimum atomic E-state index is -1.06. The second-order valence-corrected chi connectivity index (χ2v) is 11.7. The fourth-order valence-corrected chi connectivity index (χ4v) is 6.55.